The molecule has 0 bridgehead atoms. The number of rotatable bonds is 6. The summed E-state index contributed by atoms with van der Waals surface area (Å²) in [5.41, 5.74) is 4.52. The number of halogens is 1. The predicted molar refractivity (Wildman–Crippen MR) is 106 cm³/mol. The van der Waals surface area contributed by atoms with E-state index in [-0.39, 0.29) is 24.2 Å². The van der Waals surface area contributed by atoms with Crippen LogP contribution in [-0.4, -0.2) is 25.2 Å². The van der Waals surface area contributed by atoms with Gasteiger partial charge in [-0.1, -0.05) is 18.2 Å². The molecule has 144 valence electrons. The molecule has 0 amide bonds. The molecule has 4 nitrogen and oxygen atoms in total. The molecule has 28 heavy (non-hydrogen) atoms. The monoisotopic (exact) mass is 380 g/mol. The highest BCUT2D eigenvalue weighted by molar-refractivity contribution is 6.04. The smallest absolute Gasteiger partial charge is 0.338 e. The van der Waals surface area contributed by atoms with Crippen molar-refractivity contribution in [1.82, 2.24) is 0 Å². The zero-order chi connectivity index (χ0) is 20.1. The largest absolute Gasteiger partial charge is 0.466 e. The molecule has 0 saturated heterocycles. The summed E-state index contributed by atoms with van der Waals surface area (Å²) in [6.45, 7) is 4.14. The Morgan fingerprint density at radius 1 is 0.964 bits per heavy atom. The van der Waals surface area contributed by atoms with Crippen molar-refractivity contribution < 1.29 is 23.5 Å². The van der Waals surface area contributed by atoms with Crippen LogP contribution in [0.3, 0.4) is 0 Å². The lowest BCUT2D eigenvalue weighted by Gasteiger charge is -2.06. The van der Waals surface area contributed by atoms with Crippen molar-refractivity contribution in [3.63, 3.8) is 0 Å². The van der Waals surface area contributed by atoms with Gasteiger partial charge < -0.3 is 9.47 Å². The van der Waals surface area contributed by atoms with Gasteiger partial charge in [0.05, 0.1) is 25.2 Å². The van der Waals surface area contributed by atoms with E-state index in [2.05, 4.69) is 0 Å². The van der Waals surface area contributed by atoms with Gasteiger partial charge in [-0.3, -0.25) is 4.79 Å². The Hall–Kier alpha value is -3.21. The highest BCUT2D eigenvalue weighted by Crippen LogP contribution is 2.38. The lowest BCUT2D eigenvalue weighted by atomic mass is 10.0. The number of carbonyl (C=O) groups excluding carboxylic acids is 2. The van der Waals surface area contributed by atoms with Crippen LogP contribution in [0.15, 0.2) is 48.5 Å². The first-order valence-corrected chi connectivity index (χ1v) is 9.17. The molecule has 0 spiro atoms. The number of hydrogen-bond acceptors (Lipinski definition) is 4. The van der Waals surface area contributed by atoms with Gasteiger partial charge in [0.2, 0.25) is 0 Å². The summed E-state index contributed by atoms with van der Waals surface area (Å²) in [6.07, 6.45) is 3.90. The van der Waals surface area contributed by atoms with Crippen LogP contribution in [0.4, 0.5) is 4.39 Å². The van der Waals surface area contributed by atoms with Gasteiger partial charge in [0.1, 0.15) is 5.82 Å². The fourth-order valence-electron chi connectivity index (χ4n) is 3.12. The SMILES string of the molecule is CCOC(=O)CC1=C/C(=C\c2ccc(C(=O)OCC)cc2)c2ccc(F)cc21. The normalized spacial score (nSPS) is 13.8. The summed E-state index contributed by atoms with van der Waals surface area (Å²) in [4.78, 5) is 23.7. The Morgan fingerprint density at radius 2 is 1.68 bits per heavy atom. The average Bonchev–Trinajstić information content (AvgIpc) is 2.99. The maximum absolute atomic E-state index is 13.8. The number of hydrogen-bond donors (Lipinski definition) is 0. The molecule has 0 aliphatic heterocycles. The van der Waals surface area contributed by atoms with E-state index >= 15 is 0 Å². The number of esters is 2. The summed E-state index contributed by atoms with van der Waals surface area (Å²) in [6, 6.07) is 11.6. The summed E-state index contributed by atoms with van der Waals surface area (Å²) in [5.74, 6) is -1.06. The van der Waals surface area contributed by atoms with E-state index in [9.17, 15) is 14.0 Å². The number of allylic oxidation sites excluding steroid dienone is 2. The third-order valence-electron chi connectivity index (χ3n) is 4.35. The van der Waals surface area contributed by atoms with E-state index in [1.54, 1.807) is 32.0 Å². The van der Waals surface area contributed by atoms with Gasteiger partial charge in [-0.05, 0) is 78.1 Å². The van der Waals surface area contributed by atoms with Crippen LogP contribution in [0, 0.1) is 5.82 Å². The maximum atomic E-state index is 13.8. The second-order valence-electron chi connectivity index (χ2n) is 6.28. The van der Waals surface area contributed by atoms with Gasteiger partial charge in [-0.15, -0.1) is 0 Å². The molecule has 3 rings (SSSR count). The fraction of sp³-hybridized carbons (Fsp3) is 0.217. The Morgan fingerprint density at radius 3 is 2.36 bits per heavy atom. The summed E-state index contributed by atoms with van der Waals surface area (Å²) >= 11 is 0. The quantitative estimate of drug-likeness (QED) is 0.670. The zero-order valence-electron chi connectivity index (χ0n) is 15.8. The van der Waals surface area contributed by atoms with Crippen molar-refractivity contribution in [2.75, 3.05) is 13.2 Å². The molecular formula is C23H21FO4. The molecule has 1 aliphatic rings. The number of fused-ring (bicyclic) bond motifs is 1. The first-order chi connectivity index (χ1) is 13.5. The molecule has 1 aliphatic carbocycles. The second kappa shape index (κ2) is 8.65. The van der Waals surface area contributed by atoms with Crippen molar-refractivity contribution in [3.8, 4) is 0 Å². The molecule has 0 aromatic heterocycles. The third kappa shape index (κ3) is 4.36. The molecule has 5 heteroatoms. The number of benzene rings is 2. The van der Waals surface area contributed by atoms with Crippen molar-refractivity contribution in [3.05, 3.63) is 76.6 Å². The van der Waals surface area contributed by atoms with Gasteiger partial charge in [0.25, 0.3) is 0 Å². The third-order valence-corrected chi connectivity index (χ3v) is 4.35. The van der Waals surface area contributed by atoms with E-state index in [0.29, 0.717) is 24.3 Å². The van der Waals surface area contributed by atoms with E-state index in [1.165, 1.54) is 12.1 Å². The molecule has 0 radical (unpaired) electrons. The summed E-state index contributed by atoms with van der Waals surface area (Å²) in [7, 11) is 0. The standard InChI is InChI=1S/C23H21FO4/c1-3-27-22(25)13-18-12-17(20-10-9-19(24)14-21(18)20)11-15-5-7-16(8-6-15)23(26)28-4-2/h5-12,14H,3-4,13H2,1-2H3/b17-11+. The minimum Gasteiger partial charge on any atom is -0.466 e. The molecular weight excluding hydrogens is 359 g/mol. The Balaban J connectivity index is 1.91. The Bertz CT molecular complexity index is 955. The fourth-order valence-corrected chi connectivity index (χ4v) is 3.12. The second-order valence-corrected chi connectivity index (χ2v) is 6.28. The highest BCUT2D eigenvalue weighted by atomic mass is 19.1. The average molecular weight is 380 g/mol. The molecule has 0 unspecified atom stereocenters. The van der Waals surface area contributed by atoms with Crippen LogP contribution < -0.4 is 0 Å². The van der Waals surface area contributed by atoms with Gasteiger partial charge >= 0.3 is 11.9 Å². The van der Waals surface area contributed by atoms with Crippen LogP contribution in [0.1, 0.15) is 47.3 Å². The number of carbonyl (C=O) groups is 2. The van der Waals surface area contributed by atoms with Crippen LogP contribution in [0.25, 0.3) is 17.2 Å². The summed E-state index contributed by atoms with van der Waals surface area (Å²) in [5, 5.41) is 0. The van der Waals surface area contributed by atoms with Crippen LogP contribution >= 0.6 is 0 Å². The van der Waals surface area contributed by atoms with Crippen molar-refractivity contribution in [1.29, 1.82) is 0 Å². The Kier molecular flexibility index (Phi) is 6.04. The lowest BCUT2D eigenvalue weighted by Crippen LogP contribution is -2.04. The van der Waals surface area contributed by atoms with Gasteiger partial charge in [0, 0.05) is 0 Å². The van der Waals surface area contributed by atoms with E-state index in [4.69, 9.17) is 9.47 Å². The van der Waals surface area contributed by atoms with Crippen LogP contribution in [0.5, 0.6) is 0 Å². The van der Waals surface area contributed by atoms with E-state index in [0.717, 1.165) is 22.3 Å². The van der Waals surface area contributed by atoms with Crippen LogP contribution in [-0.2, 0) is 14.3 Å². The van der Waals surface area contributed by atoms with Crippen molar-refractivity contribution >= 4 is 29.2 Å². The minimum absolute atomic E-state index is 0.0867. The molecule has 0 saturated carbocycles. The molecule has 0 atom stereocenters. The van der Waals surface area contributed by atoms with Crippen molar-refractivity contribution in [2.24, 2.45) is 0 Å². The molecule has 2 aromatic carbocycles. The summed E-state index contributed by atoms with van der Waals surface area (Å²) < 4.78 is 23.8. The Labute approximate surface area is 163 Å². The molecule has 0 heterocycles. The minimum atomic E-state index is -0.361. The molecule has 0 N–H and O–H groups in total. The maximum Gasteiger partial charge on any atom is 0.338 e. The lowest BCUT2D eigenvalue weighted by molar-refractivity contribution is -0.141. The van der Waals surface area contributed by atoms with Crippen molar-refractivity contribution in [2.45, 2.75) is 20.3 Å². The first kappa shape index (κ1) is 19.5. The van der Waals surface area contributed by atoms with Crippen LogP contribution in [0.2, 0.25) is 0 Å². The van der Waals surface area contributed by atoms with E-state index < -0.39 is 0 Å². The topological polar surface area (TPSA) is 52.6 Å². The zero-order valence-corrected chi connectivity index (χ0v) is 15.8. The van der Waals surface area contributed by atoms with Gasteiger partial charge in [-0.25, -0.2) is 9.18 Å². The molecule has 0 fully saturated rings. The number of ether oxygens (including phenoxy) is 2. The van der Waals surface area contributed by atoms with Gasteiger partial charge in [0.15, 0.2) is 0 Å². The highest BCUT2D eigenvalue weighted by Gasteiger charge is 2.21. The van der Waals surface area contributed by atoms with E-state index in [1.807, 2.05) is 24.3 Å². The molecule has 2 aromatic rings. The van der Waals surface area contributed by atoms with Gasteiger partial charge in [-0.2, -0.15) is 0 Å². The predicted octanol–water partition coefficient (Wildman–Crippen LogP) is 4.89. The first-order valence-electron chi connectivity index (χ1n) is 9.17.